The molecule has 110 valence electrons. The lowest BCUT2D eigenvalue weighted by Gasteiger charge is -2.32. The summed E-state index contributed by atoms with van der Waals surface area (Å²) in [5.74, 6) is 0.481. The Balaban J connectivity index is 1.88. The smallest absolute Gasteiger partial charge is 0.320 e. The van der Waals surface area contributed by atoms with Crippen LogP contribution < -0.4 is 0 Å². The summed E-state index contributed by atoms with van der Waals surface area (Å²) >= 11 is 0. The number of hydrogen-bond donors (Lipinski definition) is 1. The molecule has 3 atom stereocenters. The number of nitrogens with zero attached hydrogens (tertiary/aromatic N) is 1. The van der Waals surface area contributed by atoms with Gasteiger partial charge in [-0.25, -0.2) is 0 Å². The monoisotopic (exact) mass is 269 g/mol. The van der Waals surface area contributed by atoms with E-state index >= 15 is 0 Å². The van der Waals surface area contributed by atoms with Gasteiger partial charge in [-0.1, -0.05) is 26.7 Å². The summed E-state index contributed by atoms with van der Waals surface area (Å²) in [7, 11) is 0. The molecule has 4 heteroatoms. The molecule has 1 N–H and O–H groups in total. The molecule has 1 aliphatic carbocycles. The van der Waals surface area contributed by atoms with E-state index in [0.717, 1.165) is 19.6 Å². The molecule has 0 spiro atoms. The van der Waals surface area contributed by atoms with Gasteiger partial charge in [-0.15, -0.1) is 0 Å². The van der Waals surface area contributed by atoms with Crippen molar-refractivity contribution in [2.45, 2.75) is 58.0 Å². The van der Waals surface area contributed by atoms with Crippen molar-refractivity contribution < 1.29 is 14.6 Å². The van der Waals surface area contributed by atoms with Crippen molar-refractivity contribution in [1.82, 2.24) is 4.90 Å². The van der Waals surface area contributed by atoms with Gasteiger partial charge in [0.15, 0.2) is 0 Å². The van der Waals surface area contributed by atoms with Gasteiger partial charge in [-0.05, 0) is 31.1 Å². The maximum Gasteiger partial charge on any atom is 0.320 e. The zero-order valence-corrected chi connectivity index (χ0v) is 12.2. The van der Waals surface area contributed by atoms with Gasteiger partial charge in [0.05, 0.1) is 6.61 Å². The van der Waals surface area contributed by atoms with Gasteiger partial charge >= 0.3 is 5.97 Å². The molecule has 0 radical (unpaired) electrons. The highest BCUT2D eigenvalue weighted by molar-refractivity contribution is 5.74. The summed E-state index contributed by atoms with van der Waals surface area (Å²) in [5.41, 5.74) is 0. The summed E-state index contributed by atoms with van der Waals surface area (Å²) in [4.78, 5) is 13.6. The van der Waals surface area contributed by atoms with Crippen molar-refractivity contribution in [2.24, 2.45) is 11.8 Å². The number of hydrogen-bond acceptors (Lipinski definition) is 3. The third-order valence-electron chi connectivity index (χ3n) is 4.45. The van der Waals surface area contributed by atoms with Gasteiger partial charge in [0, 0.05) is 19.2 Å². The lowest BCUT2D eigenvalue weighted by Crippen LogP contribution is -2.44. The van der Waals surface area contributed by atoms with Crippen molar-refractivity contribution >= 4 is 5.97 Å². The Kier molecular flexibility index (Phi) is 5.22. The van der Waals surface area contributed by atoms with Gasteiger partial charge in [0.2, 0.25) is 0 Å². The number of likely N-dealkylation sites (tertiary alicyclic amines) is 1. The molecule has 0 aromatic carbocycles. The normalized spacial score (nSPS) is 31.6. The highest BCUT2D eigenvalue weighted by Gasteiger charge is 2.44. The van der Waals surface area contributed by atoms with Crippen LogP contribution in [0.1, 0.15) is 46.0 Å². The van der Waals surface area contributed by atoms with E-state index in [1.807, 2.05) is 0 Å². The Labute approximate surface area is 116 Å². The molecule has 0 bridgehead atoms. The predicted octanol–water partition coefficient (Wildman–Crippen LogP) is 2.38. The molecule has 2 fully saturated rings. The first-order valence-electron chi connectivity index (χ1n) is 7.66. The highest BCUT2D eigenvalue weighted by atomic mass is 16.5. The van der Waals surface area contributed by atoms with Crippen LogP contribution >= 0.6 is 0 Å². The van der Waals surface area contributed by atoms with Crippen molar-refractivity contribution in [2.75, 3.05) is 19.8 Å². The third-order valence-corrected chi connectivity index (χ3v) is 4.45. The fourth-order valence-corrected chi connectivity index (χ4v) is 3.61. The fourth-order valence-electron chi connectivity index (χ4n) is 3.61. The SMILES string of the molecule is CC(C)COCCN1[C@H](C(=O)O)C[C@@H]2CCCC[C@@H]21. The molecule has 0 unspecified atom stereocenters. The zero-order valence-electron chi connectivity index (χ0n) is 12.2. The maximum absolute atomic E-state index is 11.4. The summed E-state index contributed by atoms with van der Waals surface area (Å²) in [6.07, 6.45) is 5.72. The first-order valence-corrected chi connectivity index (χ1v) is 7.66. The van der Waals surface area contributed by atoms with Crippen LogP contribution in [0.3, 0.4) is 0 Å². The second kappa shape index (κ2) is 6.71. The van der Waals surface area contributed by atoms with E-state index in [1.54, 1.807) is 0 Å². The average molecular weight is 269 g/mol. The second-order valence-corrected chi connectivity index (χ2v) is 6.41. The first-order chi connectivity index (χ1) is 9.09. The van der Waals surface area contributed by atoms with Crippen LogP contribution in [0.15, 0.2) is 0 Å². The minimum atomic E-state index is -0.654. The first kappa shape index (κ1) is 14.8. The maximum atomic E-state index is 11.4. The molecule has 2 aliphatic rings. The highest BCUT2D eigenvalue weighted by Crippen LogP contribution is 2.39. The van der Waals surface area contributed by atoms with Crippen LogP contribution in [0, 0.1) is 11.8 Å². The molecule has 1 saturated heterocycles. The lowest BCUT2D eigenvalue weighted by atomic mass is 9.85. The van der Waals surface area contributed by atoms with E-state index < -0.39 is 5.97 Å². The number of aliphatic carboxylic acids is 1. The van der Waals surface area contributed by atoms with Crippen LogP contribution in [0.2, 0.25) is 0 Å². The van der Waals surface area contributed by atoms with Gasteiger partial charge in [0.25, 0.3) is 0 Å². The topological polar surface area (TPSA) is 49.8 Å². The van der Waals surface area contributed by atoms with Crippen molar-refractivity contribution in [3.05, 3.63) is 0 Å². The zero-order chi connectivity index (χ0) is 13.8. The molecule has 1 heterocycles. The Morgan fingerprint density at radius 3 is 2.79 bits per heavy atom. The molecule has 2 rings (SSSR count). The van der Waals surface area contributed by atoms with Gasteiger partial charge < -0.3 is 9.84 Å². The largest absolute Gasteiger partial charge is 0.480 e. The molecule has 19 heavy (non-hydrogen) atoms. The number of carbonyl (C=O) groups is 1. The van der Waals surface area contributed by atoms with Gasteiger partial charge in [0.1, 0.15) is 6.04 Å². The van der Waals surface area contributed by atoms with Crippen molar-refractivity contribution in [1.29, 1.82) is 0 Å². The summed E-state index contributed by atoms with van der Waals surface area (Å²) < 4.78 is 5.63. The molecule has 0 amide bonds. The number of fused-ring (bicyclic) bond motifs is 1. The summed E-state index contributed by atoms with van der Waals surface area (Å²) in [5, 5.41) is 9.39. The Morgan fingerprint density at radius 1 is 1.37 bits per heavy atom. The van der Waals surface area contributed by atoms with E-state index in [4.69, 9.17) is 4.74 Å². The second-order valence-electron chi connectivity index (χ2n) is 6.41. The molecule has 0 aromatic heterocycles. The number of ether oxygens (including phenoxy) is 1. The minimum absolute atomic E-state index is 0.282. The molecule has 1 saturated carbocycles. The van der Waals surface area contributed by atoms with Gasteiger partial charge in [-0.3, -0.25) is 9.69 Å². The van der Waals surface area contributed by atoms with E-state index in [1.165, 1.54) is 25.7 Å². The van der Waals surface area contributed by atoms with Crippen molar-refractivity contribution in [3.8, 4) is 0 Å². The average Bonchev–Trinajstić information content (AvgIpc) is 2.73. The number of rotatable bonds is 6. The number of carboxylic acids is 1. The Morgan fingerprint density at radius 2 is 2.11 bits per heavy atom. The van der Waals surface area contributed by atoms with E-state index in [-0.39, 0.29) is 6.04 Å². The van der Waals surface area contributed by atoms with E-state index in [9.17, 15) is 9.90 Å². The standard InChI is InChI=1S/C15H27NO3/c1-11(2)10-19-8-7-16-13-6-4-3-5-12(13)9-14(16)15(17)18/h11-14H,3-10H2,1-2H3,(H,17,18)/t12-,13-,14-/m0/s1. The van der Waals surface area contributed by atoms with Crippen LogP contribution in [0.5, 0.6) is 0 Å². The predicted molar refractivity (Wildman–Crippen MR) is 74.1 cm³/mol. The minimum Gasteiger partial charge on any atom is -0.480 e. The molecule has 0 aromatic rings. The molecule has 1 aliphatic heterocycles. The lowest BCUT2D eigenvalue weighted by molar-refractivity contribution is -0.143. The molecule has 4 nitrogen and oxygen atoms in total. The third kappa shape index (κ3) is 3.69. The van der Waals surface area contributed by atoms with Crippen LogP contribution in [0.4, 0.5) is 0 Å². The molecular formula is C15H27NO3. The summed E-state index contributed by atoms with van der Waals surface area (Å²) in [6, 6.07) is 0.202. The van der Waals surface area contributed by atoms with Crippen LogP contribution in [-0.4, -0.2) is 47.8 Å². The van der Waals surface area contributed by atoms with E-state index in [0.29, 0.717) is 24.5 Å². The summed E-state index contributed by atoms with van der Waals surface area (Å²) in [6.45, 7) is 6.45. The number of carboxylic acid groups (broad SMARTS) is 1. The van der Waals surface area contributed by atoms with Crippen LogP contribution in [0.25, 0.3) is 0 Å². The Bertz CT molecular complexity index is 306. The van der Waals surface area contributed by atoms with E-state index in [2.05, 4.69) is 18.7 Å². The quantitative estimate of drug-likeness (QED) is 0.752. The Hall–Kier alpha value is -0.610. The fraction of sp³-hybridized carbons (Fsp3) is 0.933. The van der Waals surface area contributed by atoms with Crippen molar-refractivity contribution in [3.63, 3.8) is 0 Å². The van der Waals surface area contributed by atoms with Gasteiger partial charge in [-0.2, -0.15) is 0 Å². The molecular weight excluding hydrogens is 242 g/mol. The van der Waals surface area contributed by atoms with Crippen LogP contribution in [-0.2, 0) is 9.53 Å².